The third-order valence-corrected chi connectivity index (χ3v) is 5.28. The van der Waals surface area contributed by atoms with Crippen LogP contribution in [0.2, 0.25) is 0 Å². The van der Waals surface area contributed by atoms with Gasteiger partial charge in [0, 0.05) is 30.9 Å². The standard InChI is InChI=1S/C22H36N2O3/c1-15(2)18-14-17(24-9-11-27-12-10-24)13-16(3)20(18)21(26)23-8-7-19(25)22(4,5)6/h13-15,19,25H,7-12H2,1-6H3,(H,23,26)/t19-/m0/s1. The highest BCUT2D eigenvalue weighted by Crippen LogP contribution is 2.29. The van der Waals surface area contributed by atoms with Gasteiger partial charge >= 0.3 is 0 Å². The molecule has 2 rings (SSSR count). The topological polar surface area (TPSA) is 61.8 Å². The number of nitrogens with one attached hydrogen (secondary N) is 1. The van der Waals surface area contributed by atoms with Crippen molar-refractivity contribution in [3.63, 3.8) is 0 Å². The molecule has 1 aliphatic rings. The Kier molecular flexibility index (Phi) is 7.29. The first-order valence-corrected chi connectivity index (χ1v) is 10.0. The minimum Gasteiger partial charge on any atom is -0.393 e. The van der Waals surface area contributed by atoms with Crippen molar-refractivity contribution in [3.05, 3.63) is 28.8 Å². The normalized spacial score (nSPS) is 16.5. The Hall–Kier alpha value is -1.59. The summed E-state index contributed by atoms with van der Waals surface area (Å²) in [6, 6.07) is 4.26. The summed E-state index contributed by atoms with van der Waals surface area (Å²) in [5.41, 5.74) is 3.83. The number of aliphatic hydroxyl groups excluding tert-OH is 1. The second kappa shape index (κ2) is 9.07. The molecule has 0 spiro atoms. The zero-order chi connectivity index (χ0) is 20.2. The van der Waals surface area contributed by atoms with Gasteiger partial charge in [0.05, 0.1) is 19.3 Å². The zero-order valence-corrected chi connectivity index (χ0v) is 17.8. The Bertz CT molecular complexity index is 644. The maximum Gasteiger partial charge on any atom is 0.251 e. The number of morpholine rings is 1. The van der Waals surface area contributed by atoms with Gasteiger partial charge in [-0.15, -0.1) is 0 Å². The predicted octanol–water partition coefficient (Wildman–Crippen LogP) is 3.48. The molecule has 0 saturated carbocycles. The van der Waals surface area contributed by atoms with Crippen LogP contribution in [0.5, 0.6) is 0 Å². The summed E-state index contributed by atoms with van der Waals surface area (Å²) in [7, 11) is 0. The van der Waals surface area contributed by atoms with Crippen molar-refractivity contribution in [2.24, 2.45) is 5.41 Å². The maximum absolute atomic E-state index is 12.9. The summed E-state index contributed by atoms with van der Waals surface area (Å²) in [5, 5.41) is 13.2. The third kappa shape index (κ3) is 5.69. The molecule has 152 valence electrons. The highest BCUT2D eigenvalue weighted by atomic mass is 16.5. The lowest BCUT2D eigenvalue weighted by Gasteiger charge is -2.30. The van der Waals surface area contributed by atoms with Crippen LogP contribution >= 0.6 is 0 Å². The lowest BCUT2D eigenvalue weighted by Crippen LogP contribution is -2.36. The van der Waals surface area contributed by atoms with E-state index in [1.807, 2.05) is 27.7 Å². The van der Waals surface area contributed by atoms with E-state index in [0.29, 0.717) is 13.0 Å². The number of benzene rings is 1. The van der Waals surface area contributed by atoms with Gasteiger partial charge < -0.3 is 20.1 Å². The summed E-state index contributed by atoms with van der Waals surface area (Å²) in [6.07, 6.45) is 0.115. The quantitative estimate of drug-likeness (QED) is 0.798. The van der Waals surface area contributed by atoms with Crippen molar-refractivity contribution in [3.8, 4) is 0 Å². The maximum atomic E-state index is 12.9. The lowest BCUT2D eigenvalue weighted by atomic mass is 9.87. The molecular formula is C22H36N2O3. The van der Waals surface area contributed by atoms with Crippen LogP contribution in [0.3, 0.4) is 0 Å². The van der Waals surface area contributed by atoms with E-state index in [4.69, 9.17) is 4.74 Å². The molecule has 0 bridgehead atoms. The molecule has 2 N–H and O–H groups in total. The number of hydrogen-bond acceptors (Lipinski definition) is 4. The number of rotatable bonds is 6. The van der Waals surface area contributed by atoms with Gasteiger partial charge in [0.1, 0.15) is 0 Å². The van der Waals surface area contributed by atoms with Crippen molar-refractivity contribution in [2.75, 3.05) is 37.7 Å². The van der Waals surface area contributed by atoms with E-state index >= 15 is 0 Å². The molecule has 0 radical (unpaired) electrons. The third-order valence-electron chi connectivity index (χ3n) is 5.28. The molecule has 27 heavy (non-hydrogen) atoms. The molecule has 0 aromatic heterocycles. The summed E-state index contributed by atoms with van der Waals surface area (Å²) in [5.74, 6) is 0.205. The Morgan fingerprint density at radius 2 is 1.89 bits per heavy atom. The van der Waals surface area contributed by atoms with Gasteiger partial charge in [0.2, 0.25) is 0 Å². The molecule has 0 unspecified atom stereocenters. The molecule has 5 heteroatoms. The van der Waals surface area contributed by atoms with Crippen LogP contribution in [0.4, 0.5) is 5.69 Å². The number of carbonyl (C=O) groups is 1. The van der Waals surface area contributed by atoms with Gasteiger partial charge in [-0.25, -0.2) is 0 Å². The van der Waals surface area contributed by atoms with Gasteiger partial charge in [-0.2, -0.15) is 0 Å². The predicted molar refractivity (Wildman–Crippen MR) is 111 cm³/mol. The van der Waals surface area contributed by atoms with Gasteiger partial charge in [-0.1, -0.05) is 34.6 Å². The monoisotopic (exact) mass is 376 g/mol. The van der Waals surface area contributed by atoms with Crippen molar-refractivity contribution in [1.82, 2.24) is 5.32 Å². The SMILES string of the molecule is Cc1cc(N2CCOCC2)cc(C(C)C)c1C(=O)NCC[C@H](O)C(C)(C)C. The first kappa shape index (κ1) is 21.7. The van der Waals surface area contributed by atoms with Crippen LogP contribution in [-0.2, 0) is 4.74 Å². The van der Waals surface area contributed by atoms with Crippen LogP contribution < -0.4 is 10.2 Å². The van der Waals surface area contributed by atoms with Crippen LogP contribution in [0.25, 0.3) is 0 Å². The fourth-order valence-corrected chi connectivity index (χ4v) is 3.41. The van der Waals surface area contributed by atoms with Crippen molar-refractivity contribution < 1.29 is 14.6 Å². The molecule has 1 aromatic carbocycles. The number of hydrogen-bond donors (Lipinski definition) is 2. The smallest absolute Gasteiger partial charge is 0.251 e. The first-order chi connectivity index (χ1) is 12.6. The fraction of sp³-hybridized carbons (Fsp3) is 0.682. The van der Waals surface area contributed by atoms with E-state index in [9.17, 15) is 9.90 Å². The van der Waals surface area contributed by atoms with E-state index in [1.165, 1.54) is 5.69 Å². The molecular weight excluding hydrogens is 340 g/mol. The van der Waals surface area contributed by atoms with Crippen LogP contribution in [0, 0.1) is 12.3 Å². The second-order valence-corrected chi connectivity index (χ2v) is 8.91. The lowest BCUT2D eigenvalue weighted by molar-refractivity contribution is 0.0551. The minimum absolute atomic E-state index is 0.0502. The largest absolute Gasteiger partial charge is 0.393 e. The van der Waals surface area contributed by atoms with Crippen LogP contribution in [0.1, 0.15) is 68.4 Å². The number of nitrogens with zero attached hydrogens (tertiary/aromatic N) is 1. The Labute approximate surface area is 164 Å². The Morgan fingerprint density at radius 3 is 2.44 bits per heavy atom. The number of ether oxygens (including phenoxy) is 1. The molecule has 1 fully saturated rings. The summed E-state index contributed by atoms with van der Waals surface area (Å²) in [4.78, 5) is 15.2. The average molecular weight is 377 g/mol. The molecule has 1 saturated heterocycles. The van der Waals surface area contributed by atoms with Crippen molar-refractivity contribution in [2.45, 2.75) is 60.0 Å². The van der Waals surface area contributed by atoms with Gasteiger partial charge in [-0.05, 0) is 47.9 Å². The van der Waals surface area contributed by atoms with Gasteiger partial charge in [0.15, 0.2) is 0 Å². The van der Waals surface area contributed by atoms with E-state index in [1.54, 1.807) is 0 Å². The number of aliphatic hydroxyl groups is 1. The van der Waals surface area contributed by atoms with E-state index < -0.39 is 6.10 Å². The fourth-order valence-electron chi connectivity index (χ4n) is 3.41. The summed E-state index contributed by atoms with van der Waals surface area (Å²) >= 11 is 0. The molecule has 0 aliphatic carbocycles. The number of aryl methyl sites for hydroxylation is 1. The molecule has 1 atom stereocenters. The zero-order valence-electron chi connectivity index (χ0n) is 17.8. The van der Waals surface area contributed by atoms with E-state index in [0.717, 1.165) is 43.0 Å². The van der Waals surface area contributed by atoms with Gasteiger partial charge in [0.25, 0.3) is 5.91 Å². The number of amides is 1. The van der Waals surface area contributed by atoms with E-state index in [2.05, 4.69) is 36.2 Å². The summed E-state index contributed by atoms with van der Waals surface area (Å²) in [6.45, 7) is 16.0. The number of carbonyl (C=O) groups excluding carboxylic acids is 1. The minimum atomic E-state index is -0.438. The van der Waals surface area contributed by atoms with E-state index in [-0.39, 0.29) is 17.2 Å². The molecule has 1 aromatic rings. The van der Waals surface area contributed by atoms with Gasteiger partial charge in [-0.3, -0.25) is 4.79 Å². The molecule has 1 amide bonds. The van der Waals surface area contributed by atoms with Crippen molar-refractivity contribution in [1.29, 1.82) is 0 Å². The Morgan fingerprint density at radius 1 is 1.26 bits per heavy atom. The van der Waals surface area contributed by atoms with Crippen LogP contribution in [-0.4, -0.2) is 50.0 Å². The molecule has 1 heterocycles. The van der Waals surface area contributed by atoms with Crippen LogP contribution in [0.15, 0.2) is 12.1 Å². The summed E-state index contributed by atoms with van der Waals surface area (Å²) < 4.78 is 5.45. The first-order valence-electron chi connectivity index (χ1n) is 10.0. The average Bonchev–Trinajstić information content (AvgIpc) is 2.60. The number of anilines is 1. The second-order valence-electron chi connectivity index (χ2n) is 8.91. The molecule has 5 nitrogen and oxygen atoms in total. The van der Waals surface area contributed by atoms with Crippen molar-refractivity contribution >= 4 is 11.6 Å². The molecule has 1 aliphatic heterocycles. The highest BCUT2D eigenvalue weighted by molar-refractivity contribution is 5.98. The Balaban J connectivity index is 2.16. The highest BCUT2D eigenvalue weighted by Gasteiger charge is 2.23.